The standard InChI is InChI=1S/C13H14ClN3O2/c14-10-1-2-12-9(7-10)8-17(15-12)11-3-5-16(6-4-11)13(18)19/h1-2,7-8,11H,3-6H2,(H,18,19). The van der Waals surface area contributed by atoms with Crippen molar-refractivity contribution >= 4 is 28.6 Å². The highest BCUT2D eigenvalue weighted by Gasteiger charge is 2.23. The molecule has 19 heavy (non-hydrogen) atoms. The number of hydrogen-bond donors (Lipinski definition) is 1. The van der Waals surface area contributed by atoms with Gasteiger partial charge in [-0.1, -0.05) is 11.6 Å². The Morgan fingerprint density at radius 1 is 1.37 bits per heavy atom. The number of aromatic nitrogens is 2. The molecule has 0 radical (unpaired) electrons. The number of benzene rings is 1. The van der Waals surface area contributed by atoms with Crippen LogP contribution in [-0.2, 0) is 0 Å². The van der Waals surface area contributed by atoms with E-state index in [1.54, 1.807) is 0 Å². The van der Waals surface area contributed by atoms with Crippen LogP contribution < -0.4 is 0 Å². The van der Waals surface area contributed by atoms with Gasteiger partial charge in [-0.15, -0.1) is 0 Å². The Labute approximate surface area is 115 Å². The topological polar surface area (TPSA) is 58.4 Å². The van der Waals surface area contributed by atoms with Gasteiger partial charge < -0.3 is 10.0 Å². The van der Waals surface area contributed by atoms with Crippen LogP contribution in [0.3, 0.4) is 0 Å². The van der Waals surface area contributed by atoms with Gasteiger partial charge in [-0.05, 0) is 31.0 Å². The molecule has 3 rings (SSSR count). The summed E-state index contributed by atoms with van der Waals surface area (Å²) < 4.78 is 1.94. The lowest BCUT2D eigenvalue weighted by molar-refractivity contribution is 0.124. The van der Waals surface area contributed by atoms with Gasteiger partial charge in [-0.25, -0.2) is 4.79 Å². The van der Waals surface area contributed by atoms with Crippen LogP contribution in [0.15, 0.2) is 24.4 Å². The van der Waals surface area contributed by atoms with Crippen LogP contribution in [0.25, 0.3) is 10.9 Å². The summed E-state index contributed by atoms with van der Waals surface area (Å²) in [5, 5.41) is 15.2. The zero-order chi connectivity index (χ0) is 13.4. The zero-order valence-electron chi connectivity index (χ0n) is 10.3. The average molecular weight is 280 g/mol. The first-order valence-corrected chi connectivity index (χ1v) is 6.63. The highest BCUT2D eigenvalue weighted by Crippen LogP contribution is 2.25. The normalized spacial score (nSPS) is 17.0. The zero-order valence-corrected chi connectivity index (χ0v) is 11.0. The van der Waals surface area contributed by atoms with Crippen molar-refractivity contribution in [3.8, 4) is 0 Å². The summed E-state index contributed by atoms with van der Waals surface area (Å²) >= 11 is 5.96. The fourth-order valence-corrected chi connectivity index (χ4v) is 2.70. The molecule has 1 fully saturated rings. The predicted molar refractivity (Wildman–Crippen MR) is 72.6 cm³/mol. The summed E-state index contributed by atoms with van der Waals surface area (Å²) in [6.07, 6.45) is 2.75. The van der Waals surface area contributed by atoms with E-state index in [0.717, 1.165) is 23.7 Å². The van der Waals surface area contributed by atoms with Crippen LogP contribution in [0.2, 0.25) is 5.02 Å². The van der Waals surface area contributed by atoms with Gasteiger partial charge in [0.25, 0.3) is 0 Å². The number of piperidine rings is 1. The summed E-state index contributed by atoms with van der Waals surface area (Å²) in [6, 6.07) is 5.89. The Balaban J connectivity index is 1.80. The van der Waals surface area contributed by atoms with Crippen LogP contribution in [0, 0.1) is 0 Å². The molecule has 0 atom stereocenters. The molecule has 2 aromatic rings. The number of hydrogen-bond acceptors (Lipinski definition) is 2. The molecule has 0 bridgehead atoms. The largest absolute Gasteiger partial charge is 0.465 e. The highest BCUT2D eigenvalue weighted by molar-refractivity contribution is 6.31. The predicted octanol–water partition coefficient (Wildman–Crippen LogP) is 3.00. The van der Waals surface area contributed by atoms with Crippen LogP contribution in [-0.4, -0.2) is 39.0 Å². The van der Waals surface area contributed by atoms with Gasteiger partial charge in [0.15, 0.2) is 0 Å². The second-order valence-corrected chi connectivity index (χ2v) is 5.25. The Morgan fingerprint density at radius 3 is 2.79 bits per heavy atom. The molecule has 2 heterocycles. The van der Waals surface area contributed by atoms with Crippen LogP contribution in [0.4, 0.5) is 4.79 Å². The van der Waals surface area contributed by atoms with Crippen molar-refractivity contribution in [3.05, 3.63) is 29.4 Å². The highest BCUT2D eigenvalue weighted by atomic mass is 35.5. The molecule has 6 heteroatoms. The Kier molecular flexibility index (Phi) is 3.06. The number of halogens is 1. The maximum atomic E-state index is 10.9. The number of carboxylic acid groups (broad SMARTS) is 1. The van der Waals surface area contributed by atoms with Gasteiger partial charge >= 0.3 is 6.09 Å². The van der Waals surface area contributed by atoms with Crippen LogP contribution >= 0.6 is 11.6 Å². The lowest BCUT2D eigenvalue weighted by atomic mass is 10.1. The van der Waals surface area contributed by atoms with Gasteiger partial charge in [0.2, 0.25) is 0 Å². The van der Waals surface area contributed by atoms with Crippen LogP contribution in [0.1, 0.15) is 18.9 Å². The van der Waals surface area contributed by atoms with Gasteiger partial charge in [0.1, 0.15) is 0 Å². The van der Waals surface area contributed by atoms with E-state index in [1.807, 2.05) is 29.1 Å². The van der Waals surface area contributed by atoms with Crippen molar-refractivity contribution < 1.29 is 9.90 Å². The van der Waals surface area contributed by atoms with E-state index in [4.69, 9.17) is 16.7 Å². The fraction of sp³-hybridized carbons (Fsp3) is 0.385. The lowest BCUT2D eigenvalue weighted by Gasteiger charge is -2.29. The summed E-state index contributed by atoms with van der Waals surface area (Å²) in [5.74, 6) is 0. The molecule has 100 valence electrons. The molecular weight excluding hydrogens is 266 g/mol. The summed E-state index contributed by atoms with van der Waals surface area (Å²) in [6.45, 7) is 1.13. The summed E-state index contributed by atoms with van der Waals surface area (Å²) in [4.78, 5) is 12.3. The molecule has 0 saturated carbocycles. The maximum Gasteiger partial charge on any atom is 0.407 e. The molecule has 1 aliphatic heterocycles. The number of amides is 1. The molecule has 0 spiro atoms. The smallest absolute Gasteiger partial charge is 0.407 e. The average Bonchev–Trinajstić information content (AvgIpc) is 2.81. The van der Waals surface area contributed by atoms with E-state index >= 15 is 0 Å². The van der Waals surface area contributed by atoms with Gasteiger partial charge in [-0.2, -0.15) is 5.10 Å². The number of fused-ring (bicyclic) bond motifs is 1. The van der Waals surface area contributed by atoms with Gasteiger partial charge in [-0.3, -0.25) is 4.68 Å². The SMILES string of the molecule is O=C(O)N1CCC(n2cc3cc(Cl)ccc3n2)CC1. The van der Waals surface area contributed by atoms with E-state index in [2.05, 4.69) is 5.10 Å². The Hall–Kier alpha value is -1.75. The molecule has 1 N–H and O–H groups in total. The Bertz CT molecular complexity index is 617. The van der Waals surface area contributed by atoms with E-state index in [1.165, 1.54) is 4.90 Å². The number of carbonyl (C=O) groups is 1. The maximum absolute atomic E-state index is 10.9. The minimum absolute atomic E-state index is 0.266. The van der Waals surface area contributed by atoms with E-state index in [9.17, 15) is 4.79 Å². The monoisotopic (exact) mass is 279 g/mol. The summed E-state index contributed by atoms with van der Waals surface area (Å²) in [5.41, 5.74) is 0.921. The third-order valence-electron chi connectivity index (χ3n) is 3.59. The first kappa shape index (κ1) is 12.3. The van der Waals surface area contributed by atoms with Crippen molar-refractivity contribution in [1.29, 1.82) is 0 Å². The molecule has 1 aliphatic rings. The lowest BCUT2D eigenvalue weighted by Crippen LogP contribution is -2.38. The quantitative estimate of drug-likeness (QED) is 0.873. The molecule has 1 saturated heterocycles. The number of likely N-dealkylation sites (tertiary alicyclic amines) is 1. The molecule has 1 aromatic heterocycles. The minimum atomic E-state index is -0.837. The molecular formula is C13H14ClN3O2. The van der Waals surface area contributed by atoms with Crippen molar-refractivity contribution in [1.82, 2.24) is 14.7 Å². The molecule has 1 aromatic carbocycles. The first-order valence-electron chi connectivity index (χ1n) is 6.26. The van der Waals surface area contributed by atoms with Crippen molar-refractivity contribution in [2.24, 2.45) is 0 Å². The van der Waals surface area contributed by atoms with E-state index in [0.29, 0.717) is 18.1 Å². The van der Waals surface area contributed by atoms with E-state index in [-0.39, 0.29) is 6.04 Å². The molecule has 5 nitrogen and oxygen atoms in total. The van der Waals surface area contributed by atoms with E-state index < -0.39 is 6.09 Å². The molecule has 0 unspecified atom stereocenters. The van der Waals surface area contributed by atoms with Crippen LogP contribution in [0.5, 0.6) is 0 Å². The second kappa shape index (κ2) is 4.74. The molecule has 0 aliphatic carbocycles. The summed E-state index contributed by atoms with van der Waals surface area (Å²) in [7, 11) is 0. The second-order valence-electron chi connectivity index (χ2n) is 4.81. The van der Waals surface area contributed by atoms with Crippen molar-refractivity contribution in [3.63, 3.8) is 0 Å². The number of nitrogens with zero attached hydrogens (tertiary/aromatic N) is 3. The third-order valence-corrected chi connectivity index (χ3v) is 3.83. The number of rotatable bonds is 1. The van der Waals surface area contributed by atoms with Crippen molar-refractivity contribution in [2.45, 2.75) is 18.9 Å². The third kappa shape index (κ3) is 2.38. The molecule has 1 amide bonds. The fourth-order valence-electron chi connectivity index (χ4n) is 2.52. The first-order chi connectivity index (χ1) is 9.13. The van der Waals surface area contributed by atoms with Gasteiger partial charge in [0.05, 0.1) is 11.6 Å². The Morgan fingerprint density at radius 2 is 2.11 bits per heavy atom. The minimum Gasteiger partial charge on any atom is -0.465 e. The van der Waals surface area contributed by atoms with Gasteiger partial charge in [0, 0.05) is 29.7 Å². The van der Waals surface area contributed by atoms with Crippen molar-refractivity contribution in [2.75, 3.05) is 13.1 Å².